The van der Waals surface area contributed by atoms with Gasteiger partial charge in [-0.3, -0.25) is 9.59 Å². The first-order valence-electron chi connectivity index (χ1n) is 5.34. The lowest BCUT2D eigenvalue weighted by molar-refractivity contribution is -0.137. The lowest BCUT2D eigenvalue weighted by Crippen LogP contribution is -2.35. The van der Waals surface area contributed by atoms with Crippen molar-refractivity contribution in [2.24, 2.45) is 0 Å². The third kappa shape index (κ3) is 4.14. The molecule has 0 spiro atoms. The number of phenolic OH excluding ortho intramolecular Hbond substituents is 1. The number of carbonyl (C=O) groups is 2. The lowest BCUT2D eigenvalue weighted by atomic mass is 10.1. The van der Waals surface area contributed by atoms with Crippen LogP contribution in [0.1, 0.15) is 30.1 Å². The molecule has 0 bridgehead atoms. The van der Waals surface area contributed by atoms with Gasteiger partial charge in [-0.2, -0.15) is 0 Å². The van der Waals surface area contributed by atoms with Crippen LogP contribution < -0.4 is 5.32 Å². The molecule has 1 unspecified atom stereocenters. The van der Waals surface area contributed by atoms with Crippen LogP contribution in [0.5, 0.6) is 5.75 Å². The van der Waals surface area contributed by atoms with Gasteiger partial charge in [0.2, 0.25) is 0 Å². The van der Waals surface area contributed by atoms with Crippen molar-refractivity contribution < 1.29 is 19.8 Å². The SMILES string of the molecule is CCC(CC(=O)O)NC(=O)c1ccc(O)cc1. The van der Waals surface area contributed by atoms with E-state index in [9.17, 15) is 9.59 Å². The molecule has 0 saturated heterocycles. The summed E-state index contributed by atoms with van der Waals surface area (Å²) in [6, 6.07) is 5.41. The summed E-state index contributed by atoms with van der Waals surface area (Å²) >= 11 is 0. The maximum Gasteiger partial charge on any atom is 0.305 e. The number of aromatic hydroxyl groups is 1. The molecular formula is C12H15NO4. The monoisotopic (exact) mass is 237 g/mol. The molecule has 0 fully saturated rings. The second-order valence-corrected chi connectivity index (χ2v) is 3.72. The second kappa shape index (κ2) is 5.89. The fourth-order valence-electron chi connectivity index (χ4n) is 1.39. The van der Waals surface area contributed by atoms with Gasteiger partial charge >= 0.3 is 5.97 Å². The van der Waals surface area contributed by atoms with E-state index < -0.39 is 5.97 Å². The standard InChI is InChI=1S/C12H15NO4/c1-2-9(7-11(15)16)13-12(17)8-3-5-10(14)6-4-8/h3-6,9,14H,2,7H2,1H3,(H,13,17)(H,15,16). The molecule has 5 heteroatoms. The normalized spacial score (nSPS) is 11.8. The molecule has 0 aliphatic rings. The summed E-state index contributed by atoms with van der Waals surface area (Å²) in [6.07, 6.45) is 0.455. The van der Waals surface area contributed by atoms with Gasteiger partial charge in [0, 0.05) is 11.6 Å². The van der Waals surface area contributed by atoms with Gasteiger partial charge < -0.3 is 15.5 Å². The average Bonchev–Trinajstić information content (AvgIpc) is 2.28. The molecule has 1 amide bonds. The first-order valence-corrected chi connectivity index (χ1v) is 5.34. The van der Waals surface area contributed by atoms with Gasteiger partial charge in [-0.1, -0.05) is 6.92 Å². The molecule has 1 atom stereocenters. The number of carbonyl (C=O) groups excluding carboxylic acids is 1. The summed E-state index contributed by atoms with van der Waals surface area (Å²) in [7, 11) is 0. The zero-order chi connectivity index (χ0) is 12.8. The zero-order valence-electron chi connectivity index (χ0n) is 9.51. The number of hydrogen-bond donors (Lipinski definition) is 3. The van der Waals surface area contributed by atoms with Crippen LogP contribution in [0.25, 0.3) is 0 Å². The van der Waals surface area contributed by atoms with Crippen molar-refractivity contribution in [1.82, 2.24) is 5.32 Å². The number of carboxylic acid groups (broad SMARTS) is 1. The van der Waals surface area contributed by atoms with Crippen LogP contribution in [0, 0.1) is 0 Å². The predicted octanol–water partition coefficient (Wildman–Crippen LogP) is 1.38. The van der Waals surface area contributed by atoms with Crippen molar-refractivity contribution in [1.29, 1.82) is 0 Å². The molecule has 5 nitrogen and oxygen atoms in total. The van der Waals surface area contributed by atoms with Crippen LogP contribution in [-0.2, 0) is 4.79 Å². The van der Waals surface area contributed by atoms with E-state index in [4.69, 9.17) is 10.2 Å². The van der Waals surface area contributed by atoms with E-state index in [-0.39, 0.29) is 24.1 Å². The highest BCUT2D eigenvalue weighted by Crippen LogP contribution is 2.10. The van der Waals surface area contributed by atoms with Gasteiger partial charge in [0.05, 0.1) is 6.42 Å². The van der Waals surface area contributed by atoms with Crippen LogP contribution in [0.2, 0.25) is 0 Å². The van der Waals surface area contributed by atoms with E-state index in [1.807, 2.05) is 6.92 Å². The van der Waals surface area contributed by atoms with Gasteiger partial charge in [-0.15, -0.1) is 0 Å². The van der Waals surface area contributed by atoms with Crippen molar-refractivity contribution in [3.63, 3.8) is 0 Å². The van der Waals surface area contributed by atoms with E-state index >= 15 is 0 Å². The molecule has 0 radical (unpaired) electrons. The van der Waals surface area contributed by atoms with E-state index in [0.717, 1.165) is 0 Å². The number of aliphatic carboxylic acids is 1. The van der Waals surface area contributed by atoms with Crippen molar-refractivity contribution in [2.45, 2.75) is 25.8 Å². The number of phenols is 1. The Kier molecular flexibility index (Phi) is 4.51. The average molecular weight is 237 g/mol. The van der Waals surface area contributed by atoms with E-state index in [2.05, 4.69) is 5.32 Å². The molecule has 0 aliphatic heterocycles. The number of rotatable bonds is 5. The van der Waals surface area contributed by atoms with Gasteiger partial charge in [0.25, 0.3) is 5.91 Å². The smallest absolute Gasteiger partial charge is 0.305 e. The minimum Gasteiger partial charge on any atom is -0.508 e. The molecule has 0 heterocycles. The third-order valence-electron chi connectivity index (χ3n) is 2.38. The Morgan fingerprint density at radius 3 is 2.35 bits per heavy atom. The predicted molar refractivity (Wildman–Crippen MR) is 61.9 cm³/mol. The van der Waals surface area contributed by atoms with E-state index in [1.165, 1.54) is 24.3 Å². The number of amides is 1. The fourth-order valence-corrected chi connectivity index (χ4v) is 1.39. The highest BCUT2D eigenvalue weighted by atomic mass is 16.4. The van der Waals surface area contributed by atoms with Gasteiger partial charge in [-0.25, -0.2) is 0 Å². The molecule has 17 heavy (non-hydrogen) atoms. The molecule has 3 N–H and O–H groups in total. The number of nitrogens with one attached hydrogen (secondary N) is 1. The molecule has 1 aromatic rings. The zero-order valence-corrected chi connectivity index (χ0v) is 9.51. The summed E-state index contributed by atoms with van der Waals surface area (Å²) in [5.41, 5.74) is 0.395. The summed E-state index contributed by atoms with van der Waals surface area (Å²) in [4.78, 5) is 22.3. The van der Waals surface area contributed by atoms with E-state index in [1.54, 1.807) is 0 Å². The van der Waals surface area contributed by atoms with Crippen molar-refractivity contribution in [3.05, 3.63) is 29.8 Å². The molecule has 92 valence electrons. The van der Waals surface area contributed by atoms with Crippen molar-refractivity contribution in [2.75, 3.05) is 0 Å². The third-order valence-corrected chi connectivity index (χ3v) is 2.38. The highest BCUT2D eigenvalue weighted by Gasteiger charge is 2.14. The Labute approximate surface area is 99.1 Å². The van der Waals surface area contributed by atoms with Crippen LogP contribution in [-0.4, -0.2) is 28.1 Å². The van der Waals surface area contributed by atoms with E-state index in [0.29, 0.717) is 12.0 Å². The highest BCUT2D eigenvalue weighted by molar-refractivity contribution is 5.94. The van der Waals surface area contributed by atoms with Crippen molar-refractivity contribution in [3.8, 4) is 5.75 Å². The Morgan fingerprint density at radius 1 is 1.29 bits per heavy atom. The molecule has 0 saturated carbocycles. The second-order valence-electron chi connectivity index (χ2n) is 3.72. The largest absolute Gasteiger partial charge is 0.508 e. The van der Waals surface area contributed by atoms with Crippen LogP contribution >= 0.6 is 0 Å². The van der Waals surface area contributed by atoms with Gasteiger partial charge in [-0.05, 0) is 30.7 Å². The van der Waals surface area contributed by atoms with Crippen LogP contribution in [0.4, 0.5) is 0 Å². The van der Waals surface area contributed by atoms with Gasteiger partial charge in [0.1, 0.15) is 5.75 Å². The number of benzene rings is 1. The fraction of sp³-hybridized carbons (Fsp3) is 0.333. The summed E-state index contributed by atoms with van der Waals surface area (Å²) in [5.74, 6) is -1.19. The Bertz CT molecular complexity index is 399. The lowest BCUT2D eigenvalue weighted by Gasteiger charge is -2.14. The molecule has 0 aromatic heterocycles. The number of hydrogen-bond acceptors (Lipinski definition) is 3. The summed E-state index contributed by atoms with van der Waals surface area (Å²) in [5, 5.41) is 20.4. The molecule has 1 rings (SSSR count). The maximum absolute atomic E-state index is 11.7. The maximum atomic E-state index is 11.7. The van der Waals surface area contributed by atoms with Gasteiger partial charge in [0.15, 0.2) is 0 Å². The van der Waals surface area contributed by atoms with Crippen LogP contribution in [0.15, 0.2) is 24.3 Å². The topological polar surface area (TPSA) is 86.6 Å². The Balaban J connectivity index is 2.64. The number of carboxylic acids is 1. The van der Waals surface area contributed by atoms with Crippen molar-refractivity contribution >= 4 is 11.9 Å². The minimum atomic E-state index is -0.942. The van der Waals surface area contributed by atoms with Crippen LogP contribution in [0.3, 0.4) is 0 Å². The molecular weight excluding hydrogens is 222 g/mol. The quantitative estimate of drug-likeness (QED) is 0.722. The first-order chi connectivity index (χ1) is 8.02. The summed E-state index contributed by atoms with van der Waals surface area (Å²) in [6.45, 7) is 1.81. The molecule has 0 aliphatic carbocycles. The first kappa shape index (κ1) is 13.0. The Morgan fingerprint density at radius 2 is 1.88 bits per heavy atom. The Hall–Kier alpha value is -2.04. The molecule has 1 aromatic carbocycles. The summed E-state index contributed by atoms with van der Waals surface area (Å²) < 4.78 is 0. The minimum absolute atomic E-state index is 0.0825.